The van der Waals surface area contributed by atoms with Crippen LogP contribution in [0.5, 0.6) is 0 Å². The van der Waals surface area contributed by atoms with Crippen molar-refractivity contribution in [2.75, 3.05) is 18.1 Å². The zero-order valence-corrected chi connectivity index (χ0v) is 11.0. The Morgan fingerprint density at radius 1 is 1.31 bits per heavy atom. The van der Waals surface area contributed by atoms with Crippen molar-refractivity contribution in [2.45, 2.75) is 19.9 Å². The van der Waals surface area contributed by atoms with Crippen LogP contribution >= 0.6 is 11.8 Å². The van der Waals surface area contributed by atoms with Crippen LogP contribution in [0.4, 0.5) is 0 Å². The lowest BCUT2D eigenvalue weighted by Crippen LogP contribution is -2.28. The molecule has 0 fully saturated rings. The SMILES string of the molecule is CCSCC(C)NC/C=C/c1ccccc1. The highest BCUT2D eigenvalue weighted by molar-refractivity contribution is 7.99. The molecule has 1 aromatic carbocycles. The maximum Gasteiger partial charge on any atom is 0.0140 e. The smallest absolute Gasteiger partial charge is 0.0140 e. The first-order valence-corrected chi connectivity index (χ1v) is 7.01. The third kappa shape index (κ3) is 5.99. The summed E-state index contributed by atoms with van der Waals surface area (Å²) in [5.74, 6) is 2.39. The van der Waals surface area contributed by atoms with E-state index >= 15 is 0 Å². The van der Waals surface area contributed by atoms with E-state index in [9.17, 15) is 0 Å². The lowest BCUT2D eigenvalue weighted by atomic mass is 10.2. The summed E-state index contributed by atoms with van der Waals surface area (Å²) in [7, 11) is 0. The molecule has 1 unspecified atom stereocenters. The minimum absolute atomic E-state index is 0.588. The van der Waals surface area contributed by atoms with Crippen LogP contribution in [-0.2, 0) is 0 Å². The highest BCUT2D eigenvalue weighted by atomic mass is 32.2. The Balaban J connectivity index is 2.17. The predicted molar refractivity (Wildman–Crippen MR) is 75.9 cm³/mol. The molecule has 1 nitrogen and oxygen atoms in total. The first kappa shape index (κ1) is 13.3. The van der Waals surface area contributed by atoms with E-state index in [0.717, 1.165) is 6.54 Å². The van der Waals surface area contributed by atoms with Crippen LogP contribution in [-0.4, -0.2) is 24.1 Å². The van der Waals surface area contributed by atoms with Gasteiger partial charge in [-0.05, 0) is 18.2 Å². The Hall–Kier alpha value is -0.730. The van der Waals surface area contributed by atoms with Gasteiger partial charge in [0, 0.05) is 18.3 Å². The molecule has 1 atom stereocenters. The number of hydrogen-bond acceptors (Lipinski definition) is 2. The third-order valence-corrected chi connectivity index (χ3v) is 3.41. The maximum absolute atomic E-state index is 3.48. The largest absolute Gasteiger partial charge is 0.310 e. The summed E-state index contributed by atoms with van der Waals surface area (Å²) < 4.78 is 0. The lowest BCUT2D eigenvalue weighted by molar-refractivity contribution is 0.641. The summed E-state index contributed by atoms with van der Waals surface area (Å²) >= 11 is 1.98. The number of thioether (sulfide) groups is 1. The van der Waals surface area contributed by atoms with Gasteiger partial charge in [0.25, 0.3) is 0 Å². The van der Waals surface area contributed by atoms with Crippen LogP contribution in [0, 0.1) is 0 Å². The number of hydrogen-bond donors (Lipinski definition) is 1. The van der Waals surface area contributed by atoms with Crippen LogP contribution < -0.4 is 5.32 Å². The molecule has 0 heterocycles. The van der Waals surface area contributed by atoms with Crippen molar-refractivity contribution < 1.29 is 0 Å². The van der Waals surface area contributed by atoms with Gasteiger partial charge in [-0.1, -0.05) is 49.4 Å². The van der Waals surface area contributed by atoms with E-state index < -0.39 is 0 Å². The van der Waals surface area contributed by atoms with Gasteiger partial charge in [-0.15, -0.1) is 0 Å². The van der Waals surface area contributed by atoms with Gasteiger partial charge in [0.1, 0.15) is 0 Å². The fourth-order valence-electron chi connectivity index (χ4n) is 1.38. The number of benzene rings is 1. The van der Waals surface area contributed by atoms with Gasteiger partial charge in [-0.25, -0.2) is 0 Å². The van der Waals surface area contributed by atoms with E-state index in [1.165, 1.54) is 17.1 Å². The predicted octanol–water partition coefficient (Wildman–Crippen LogP) is 3.43. The summed E-state index contributed by atoms with van der Waals surface area (Å²) in [6.07, 6.45) is 4.34. The van der Waals surface area contributed by atoms with Crippen molar-refractivity contribution in [3.8, 4) is 0 Å². The standard InChI is InChI=1S/C14H21NS/c1-3-16-12-13(2)15-11-7-10-14-8-5-4-6-9-14/h4-10,13,15H,3,11-12H2,1-2H3/b10-7+. The van der Waals surface area contributed by atoms with Crippen LogP contribution in [0.1, 0.15) is 19.4 Å². The molecule has 0 amide bonds. The Kier molecular flexibility index (Phi) is 7.02. The first-order valence-electron chi connectivity index (χ1n) is 5.85. The molecular formula is C14H21NS. The van der Waals surface area contributed by atoms with Gasteiger partial charge < -0.3 is 5.32 Å². The normalized spacial score (nSPS) is 13.1. The zero-order valence-electron chi connectivity index (χ0n) is 10.1. The molecule has 0 aromatic heterocycles. The molecule has 0 saturated carbocycles. The summed E-state index contributed by atoms with van der Waals surface area (Å²) in [5, 5.41) is 3.48. The van der Waals surface area contributed by atoms with Crippen LogP contribution in [0.15, 0.2) is 36.4 Å². The lowest BCUT2D eigenvalue weighted by Gasteiger charge is -2.10. The average Bonchev–Trinajstić information content (AvgIpc) is 2.33. The highest BCUT2D eigenvalue weighted by Gasteiger charge is 1.97. The van der Waals surface area contributed by atoms with Gasteiger partial charge in [-0.3, -0.25) is 0 Å². The number of rotatable bonds is 7. The third-order valence-electron chi connectivity index (χ3n) is 2.27. The van der Waals surface area contributed by atoms with E-state index in [2.05, 4.69) is 55.6 Å². The molecule has 88 valence electrons. The summed E-state index contributed by atoms with van der Waals surface area (Å²) in [6.45, 7) is 5.38. The second-order valence-corrected chi connectivity index (χ2v) is 5.10. The fourth-order valence-corrected chi connectivity index (χ4v) is 2.09. The molecule has 1 rings (SSSR count). The molecular weight excluding hydrogens is 214 g/mol. The molecule has 0 aliphatic rings. The molecule has 1 N–H and O–H groups in total. The quantitative estimate of drug-likeness (QED) is 0.777. The maximum atomic E-state index is 3.48. The van der Waals surface area contributed by atoms with Crippen LogP contribution in [0.3, 0.4) is 0 Å². The van der Waals surface area contributed by atoms with Gasteiger partial charge in [-0.2, -0.15) is 11.8 Å². The molecule has 2 heteroatoms. The molecule has 16 heavy (non-hydrogen) atoms. The first-order chi connectivity index (χ1) is 7.83. The van der Waals surface area contributed by atoms with E-state index in [0.29, 0.717) is 6.04 Å². The van der Waals surface area contributed by atoms with Crippen molar-refractivity contribution in [1.29, 1.82) is 0 Å². The monoisotopic (exact) mass is 235 g/mol. The van der Waals surface area contributed by atoms with Crippen LogP contribution in [0.2, 0.25) is 0 Å². The molecule has 0 spiro atoms. The molecule has 0 saturated heterocycles. The van der Waals surface area contributed by atoms with Crippen molar-refractivity contribution in [1.82, 2.24) is 5.32 Å². The Morgan fingerprint density at radius 2 is 2.06 bits per heavy atom. The van der Waals surface area contributed by atoms with Crippen molar-refractivity contribution in [3.05, 3.63) is 42.0 Å². The number of nitrogens with one attached hydrogen (secondary N) is 1. The second-order valence-electron chi connectivity index (χ2n) is 3.78. The van der Waals surface area contributed by atoms with Crippen molar-refractivity contribution >= 4 is 17.8 Å². The van der Waals surface area contributed by atoms with E-state index in [4.69, 9.17) is 0 Å². The van der Waals surface area contributed by atoms with E-state index in [-0.39, 0.29) is 0 Å². The highest BCUT2D eigenvalue weighted by Crippen LogP contribution is 2.02. The molecule has 0 aliphatic carbocycles. The van der Waals surface area contributed by atoms with E-state index in [1.807, 2.05) is 17.8 Å². The topological polar surface area (TPSA) is 12.0 Å². The molecule has 0 bridgehead atoms. The summed E-state index contributed by atoms with van der Waals surface area (Å²) in [5.41, 5.74) is 1.26. The van der Waals surface area contributed by atoms with Crippen LogP contribution in [0.25, 0.3) is 6.08 Å². The van der Waals surface area contributed by atoms with Gasteiger partial charge in [0.2, 0.25) is 0 Å². The van der Waals surface area contributed by atoms with E-state index in [1.54, 1.807) is 0 Å². The average molecular weight is 235 g/mol. The van der Waals surface area contributed by atoms with Crippen molar-refractivity contribution in [3.63, 3.8) is 0 Å². The summed E-state index contributed by atoms with van der Waals surface area (Å²) in [6, 6.07) is 11.0. The van der Waals surface area contributed by atoms with Crippen molar-refractivity contribution in [2.24, 2.45) is 0 Å². The minimum Gasteiger partial charge on any atom is -0.310 e. The Bertz CT molecular complexity index is 295. The molecule has 1 aromatic rings. The fraction of sp³-hybridized carbons (Fsp3) is 0.429. The summed E-state index contributed by atoms with van der Waals surface area (Å²) in [4.78, 5) is 0. The second kappa shape index (κ2) is 8.43. The minimum atomic E-state index is 0.588. The van der Waals surface area contributed by atoms with Gasteiger partial charge in [0.15, 0.2) is 0 Å². The molecule has 0 radical (unpaired) electrons. The molecule has 0 aliphatic heterocycles. The Labute approximate surface area is 103 Å². The zero-order chi connectivity index (χ0) is 11.6. The Morgan fingerprint density at radius 3 is 2.75 bits per heavy atom. The van der Waals surface area contributed by atoms with Gasteiger partial charge in [0.05, 0.1) is 0 Å². The van der Waals surface area contributed by atoms with Gasteiger partial charge >= 0.3 is 0 Å².